The summed E-state index contributed by atoms with van der Waals surface area (Å²) in [5.41, 5.74) is 1.51. The normalized spacial score (nSPS) is 14.4. The van der Waals surface area contributed by atoms with Crippen LogP contribution in [0.3, 0.4) is 0 Å². The Labute approximate surface area is 248 Å². The summed E-state index contributed by atoms with van der Waals surface area (Å²) < 4.78 is 17.5. The van der Waals surface area contributed by atoms with E-state index < -0.39 is 11.3 Å². The van der Waals surface area contributed by atoms with Crippen LogP contribution < -0.4 is 16.0 Å². The molecule has 0 spiro atoms. The van der Waals surface area contributed by atoms with E-state index in [4.69, 9.17) is 13.6 Å². The SMILES string of the molecule is O=c1ccc(=O)oc2nnc3cc(o1)c(OCCCCCCN1CCN(C(c4ccccc4)c4ccccc4)CC1)nn32. The highest BCUT2D eigenvalue weighted by atomic mass is 16.5. The molecule has 1 aliphatic rings. The van der Waals surface area contributed by atoms with Gasteiger partial charge in [0.05, 0.1) is 12.6 Å². The number of aromatic nitrogens is 4. The number of benzene rings is 2. The summed E-state index contributed by atoms with van der Waals surface area (Å²) in [4.78, 5) is 29.1. The molecule has 11 nitrogen and oxygen atoms in total. The lowest BCUT2D eigenvalue weighted by Gasteiger charge is -2.39. The molecule has 2 aromatic carbocycles. The van der Waals surface area contributed by atoms with Crippen molar-refractivity contribution in [1.29, 1.82) is 0 Å². The van der Waals surface area contributed by atoms with Gasteiger partial charge in [0.1, 0.15) is 0 Å². The zero-order chi connectivity index (χ0) is 29.4. The fraction of sp³-hybridized carbons (Fsp3) is 0.344. The van der Waals surface area contributed by atoms with Gasteiger partial charge in [0, 0.05) is 44.4 Å². The van der Waals surface area contributed by atoms with Crippen LogP contribution in [0.25, 0.3) is 17.1 Å². The molecule has 43 heavy (non-hydrogen) atoms. The van der Waals surface area contributed by atoms with Gasteiger partial charge in [0.25, 0.3) is 5.88 Å². The molecule has 0 radical (unpaired) electrons. The van der Waals surface area contributed by atoms with E-state index in [-0.39, 0.29) is 29.0 Å². The Bertz CT molecular complexity index is 1740. The van der Waals surface area contributed by atoms with Crippen LogP contribution in [-0.4, -0.2) is 68.9 Å². The summed E-state index contributed by atoms with van der Waals surface area (Å²) >= 11 is 0. The highest BCUT2D eigenvalue weighted by Gasteiger charge is 2.26. The maximum Gasteiger partial charge on any atom is 0.347 e. The molecule has 11 heteroatoms. The van der Waals surface area contributed by atoms with E-state index in [9.17, 15) is 9.59 Å². The van der Waals surface area contributed by atoms with Gasteiger partial charge < -0.3 is 18.5 Å². The van der Waals surface area contributed by atoms with Crippen LogP contribution in [-0.2, 0) is 0 Å². The third-order valence-electron chi connectivity index (χ3n) is 7.67. The average Bonchev–Trinajstić information content (AvgIpc) is 3.40. The Morgan fingerprint density at radius 2 is 1.40 bits per heavy atom. The molecule has 6 aromatic rings. The molecule has 1 saturated heterocycles. The number of fused-ring (bicyclic) bond motifs is 6. The highest BCUT2D eigenvalue weighted by molar-refractivity contribution is 5.60. The van der Waals surface area contributed by atoms with Gasteiger partial charge in [-0.25, -0.2) is 9.59 Å². The Morgan fingerprint density at radius 1 is 0.744 bits per heavy atom. The molecular weight excluding hydrogens is 548 g/mol. The molecular formula is C32H34N6O5. The lowest BCUT2D eigenvalue weighted by molar-refractivity contribution is 0.108. The molecule has 4 bridgehead atoms. The van der Waals surface area contributed by atoms with Crippen molar-refractivity contribution in [2.75, 3.05) is 39.3 Å². The Balaban J connectivity index is 0.972. The average molecular weight is 583 g/mol. The first-order valence-electron chi connectivity index (χ1n) is 14.7. The van der Waals surface area contributed by atoms with Crippen molar-refractivity contribution in [3.05, 3.63) is 111 Å². The number of hydrogen-bond acceptors (Lipinski definition) is 10. The first-order chi connectivity index (χ1) is 21.1. The van der Waals surface area contributed by atoms with E-state index in [1.165, 1.54) is 21.7 Å². The van der Waals surface area contributed by atoms with Crippen molar-refractivity contribution < 1.29 is 13.6 Å². The van der Waals surface area contributed by atoms with Crippen LogP contribution in [0.15, 0.2) is 97.3 Å². The number of piperazine rings is 1. The van der Waals surface area contributed by atoms with Gasteiger partial charge in [-0.15, -0.1) is 10.2 Å². The molecule has 0 amide bonds. The second-order valence-electron chi connectivity index (χ2n) is 10.6. The first-order valence-corrected chi connectivity index (χ1v) is 14.7. The van der Waals surface area contributed by atoms with Crippen molar-refractivity contribution in [3.63, 3.8) is 0 Å². The summed E-state index contributed by atoms with van der Waals surface area (Å²) in [7, 11) is 0. The topological polar surface area (TPSA) is 119 Å². The third kappa shape index (κ3) is 7.07. The summed E-state index contributed by atoms with van der Waals surface area (Å²) in [6.07, 6.45) is 4.03. The van der Waals surface area contributed by atoms with Crippen LogP contribution in [0.4, 0.5) is 0 Å². The third-order valence-corrected chi connectivity index (χ3v) is 7.67. The van der Waals surface area contributed by atoms with E-state index in [0.717, 1.165) is 70.5 Å². The number of hydrogen-bond donors (Lipinski definition) is 0. The second kappa shape index (κ2) is 13.6. The van der Waals surface area contributed by atoms with Gasteiger partial charge in [-0.2, -0.15) is 4.52 Å². The van der Waals surface area contributed by atoms with Crippen molar-refractivity contribution in [3.8, 4) is 5.88 Å². The number of ether oxygens (including phenoxy) is 1. The zero-order valence-corrected chi connectivity index (χ0v) is 23.9. The van der Waals surface area contributed by atoms with Crippen molar-refractivity contribution >= 4 is 17.1 Å². The van der Waals surface area contributed by atoms with E-state index >= 15 is 0 Å². The minimum Gasteiger partial charge on any atom is -0.474 e. The molecule has 1 fully saturated rings. The van der Waals surface area contributed by atoms with Gasteiger partial charge in [-0.05, 0) is 30.5 Å². The van der Waals surface area contributed by atoms with Gasteiger partial charge in [-0.3, -0.25) is 4.90 Å². The molecule has 7 rings (SSSR count). The molecule has 5 heterocycles. The Kier molecular flexibility index (Phi) is 9.00. The van der Waals surface area contributed by atoms with Crippen molar-refractivity contribution in [1.82, 2.24) is 29.6 Å². The number of nitrogens with zero attached hydrogens (tertiary/aromatic N) is 6. The van der Waals surface area contributed by atoms with Gasteiger partial charge in [0.15, 0.2) is 11.2 Å². The van der Waals surface area contributed by atoms with E-state index in [1.807, 2.05) is 0 Å². The van der Waals surface area contributed by atoms with Gasteiger partial charge >= 0.3 is 17.1 Å². The monoisotopic (exact) mass is 582 g/mol. The maximum atomic E-state index is 12.1. The van der Waals surface area contributed by atoms with Crippen molar-refractivity contribution in [2.24, 2.45) is 0 Å². The summed E-state index contributed by atoms with van der Waals surface area (Å²) in [6.45, 7) is 5.67. The highest BCUT2D eigenvalue weighted by Crippen LogP contribution is 2.29. The second-order valence-corrected chi connectivity index (χ2v) is 10.6. The number of unbranched alkanes of at least 4 members (excludes halogenated alkanes) is 3. The number of rotatable bonds is 11. The summed E-state index contributed by atoms with van der Waals surface area (Å²) in [5.74, 6) is -0.0117. The molecule has 0 atom stereocenters. The summed E-state index contributed by atoms with van der Waals surface area (Å²) in [6, 6.07) is 25.3. The minimum absolute atomic E-state index is 0.107. The zero-order valence-electron chi connectivity index (χ0n) is 23.9. The lowest BCUT2D eigenvalue weighted by Crippen LogP contribution is -2.48. The quantitative estimate of drug-likeness (QED) is 0.211. The Morgan fingerprint density at radius 3 is 2.09 bits per heavy atom. The molecule has 0 N–H and O–H groups in total. The minimum atomic E-state index is -0.786. The fourth-order valence-electron chi connectivity index (χ4n) is 5.51. The maximum absolute atomic E-state index is 12.1. The van der Waals surface area contributed by atoms with E-state index in [2.05, 4.69) is 85.8 Å². The molecule has 222 valence electrons. The predicted molar refractivity (Wildman–Crippen MR) is 161 cm³/mol. The van der Waals surface area contributed by atoms with Crippen LogP contribution in [0.1, 0.15) is 42.9 Å². The summed E-state index contributed by atoms with van der Waals surface area (Å²) in [5, 5.41) is 12.0. The van der Waals surface area contributed by atoms with Crippen LogP contribution >= 0.6 is 0 Å². The lowest BCUT2D eigenvalue weighted by atomic mass is 9.96. The fourth-order valence-corrected chi connectivity index (χ4v) is 5.51. The van der Waals surface area contributed by atoms with Gasteiger partial charge in [0.2, 0.25) is 0 Å². The smallest absolute Gasteiger partial charge is 0.347 e. The van der Waals surface area contributed by atoms with Crippen LogP contribution in [0, 0.1) is 0 Å². The largest absolute Gasteiger partial charge is 0.474 e. The van der Waals surface area contributed by atoms with Crippen molar-refractivity contribution in [2.45, 2.75) is 31.7 Å². The molecule has 0 aliphatic carbocycles. The standard InChI is InChI=1S/C32H34N6O5/c39-28-15-16-29(40)43-32-34-33-27-23-26(42-28)31(35-38(27)32)41-22-10-2-1-9-17-36-18-20-37(21-19-36)30(24-11-5-3-6-12-24)25-13-7-4-8-14-25/h3-8,11-16,23,30H,1-2,9-10,17-22H2. The predicted octanol–water partition coefficient (Wildman–Crippen LogP) is 4.09. The van der Waals surface area contributed by atoms with E-state index in [0.29, 0.717) is 6.61 Å². The molecule has 0 unspecified atom stereocenters. The molecule has 1 aliphatic heterocycles. The first kappa shape index (κ1) is 28.5. The van der Waals surface area contributed by atoms with Gasteiger partial charge in [-0.1, -0.05) is 78.6 Å². The molecule has 4 aromatic heterocycles. The van der Waals surface area contributed by atoms with Crippen LogP contribution in [0.2, 0.25) is 0 Å². The Hall–Kier alpha value is -4.61. The van der Waals surface area contributed by atoms with Crippen LogP contribution in [0.5, 0.6) is 5.88 Å². The van der Waals surface area contributed by atoms with E-state index in [1.54, 1.807) is 0 Å². The molecule has 0 saturated carbocycles.